The highest BCUT2D eigenvalue weighted by Crippen LogP contribution is 2.10. The lowest BCUT2D eigenvalue weighted by molar-refractivity contribution is -0.128. The Kier molecular flexibility index (Phi) is 4.01. The zero-order valence-corrected chi connectivity index (χ0v) is 9.60. The molecule has 0 unspecified atom stereocenters. The number of nitrogens with zero attached hydrogens (tertiary/aromatic N) is 2. The molecule has 0 saturated heterocycles. The summed E-state index contributed by atoms with van der Waals surface area (Å²) in [5.74, 6) is 0.865. The third-order valence-corrected chi connectivity index (χ3v) is 2.41. The van der Waals surface area contributed by atoms with Crippen LogP contribution in [0.4, 0.5) is 4.39 Å². The third-order valence-electron chi connectivity index (χ3n) is 2.41. The predicted molar refractivity (Wildman–Crippen MR) is 61.3 cm³/mol. The van der Waals surface area contributed by atoms with Gasteiger partial charge in [0.05, 0.1) is 6.61 Å². The van der Waals surface area contributed by atoms with E-state index in [4.69, 9.17) is 0 Å². The number of H-pyrrole nitrogens is 1. The summed E-state index contributed by atoms with van der Waals surface area (Å²) in [4.78, 5) is 14.2. The highest BCUT2D eigenvalue weighted by atomic mass is 19.1. The van der Waals surface area contributed by atoms with Crippen LogP contribution in [0.1, 0.15) is 17.2 Å². The highest BCUT2D eigenvalue weighted by Gasteiger charge is 2.07. The van der Waals surface area contributed by atoms with Gasteiger partial charge in [-0.1, -0.05) is 18.2 Å². The second-order valence-electron chi connectivity index (χ2n) is 3.68. The molecule has 0 spiro atoms. The molecule has 0 bridgehead atoms. The number of halogens is 1. The van der Waals surface area contributed by atoms with Gasteiger partial charge in [0.25, 0.3) is 6.47 Å². The van der Waals surface area contributed by atoms with Gasteiger partial charge < -0.3 is 4.74 Å². The van der Waals surface area contributed by atoms with E-state index in [2.05, 4.69) is 19.9 Å². The molecule has 94 valence electrons. The number of benzene rings is 1. The Bertz CT molecular complexity index is 528. The average molecular weight is 249 g/mol. The van der Waals surface area contributed by atoms with Gasteiger partial charge in [0.2, 0.25) is 0 Å². The summed E-state index contributed by atoms with van der Waals surface area (Å²) in [5, 5.41) is 6.70. The van der Waals surface area contributed by atoms with E-state index in [9.17, 15) is 9.18 Å². The summed E-state index contributed by atoms with van der Waals surface area (Å²) < 4.78 is 18.0. The first-order valence-corrected chi connectivity index (χ1v) is 5.48. The SMILES string of the molecule is O=COCCc1n[nH]c(Cc2ccccc2F)n1. The quantitative estimate of drug-likeness (QED) is 0.618. The van der Waals surface area contributed by atoms with Gasteiger partial charge in [-0.25, -0.2) is 9.37 Å². The van der Waals surface area contributed by atoms with Crippen molar-refractivity contribution in [3.05, 3.63) is 47.3 Å². The first-order chi connectivity index (χ1) is 8.79. The van der Waals surface area contributed by atoms with Gasteiger partial charge in [0, 0.05) is 12.8 Å². The van der Waals surface area contributed by atoms with Crippen molar-refractivity contribution in [3.63, 3.8) is 0 Å². The van der Waals surface area contributed by atoms with Crippen molar-refractivity contribution in [1.29, 1.82) is 0 Å². The summed E-state index contributed by atoms with van der Waals surface area (Å²) in [7, 11) is 0. The van der Waals surface area contributed by atoms with Crippen LogP contribution in [0, 0.1) is 5.82 Å². The first-order valence-electron chi connectivity index (χ1n) is 5.48. The van der Waals surface area contributed by atoms with Gasteiger partial charge in [-0.3, -0.25) is 9.89 Å². The third kappa shape index (κ3) is 3.13. The Morgan fingerprint density at radius 2 is 2.22 bits per heavy atom. The monoisotopic (exact) mass is 249 g/mol. The summed E-state index contributed by atoms with van der Waals surface area (Å²) in [5.41, 5.74) is 0.560. The molecule has 2 aromatic rings. The number of aromatic nitrogens is 3. The summed E-state index contributed by atoms with van der Waals surface area (Å²) in [6.45, 7) is 0.618. The maximum atomic E-state index is 13.4. The zero-order chi connectivity index (χ0) is 12.8. The van der Waals surface area contributed by atoms with Gasteiger partial charge in [-0.2, -0.15) is 5.10 Å². The molecule has 0 aliphatic rings. The lowest BCUT2D eigenvalue weighted by Crippen LogP contribution is -1.99. The van der Waals surface area contributed by atoms with Crippen molar-refractivity contribution in [2.24, 2.45) is 0 Å². The molecule has 1 aromatic heterocycles. The maximum Gasteiger partial charge on any atom is 0.293 e. The largest absolute Gasteiger partial charge is 0.467 e. The molecule has 0 aliphatic carbocycles. The molecular weight excluding hydrogens is 237 g/mol. The van der Waals surface area contributed by atoms with Gasteiger partial charge in [0.1, 0.15) is 11.6 Å². The normalized spacial score (nSPS) is 10.3. The van der Waals surface area contributed by atoms with E-state index in [1.165, 1.54) is 6.07 Å². The van der Waals surface area contributed by atoms with Crippen molar-refractivity contribution in [1.82, 2.24) is 15.2 Å². The van der Waals surface area contributed by atoms with Crippen LogP contribution in [0.5, 0.6) is 0 Å². The molecule has 0 amide bonds. The molecule has 0 fully saturated rings. The highest BCUT2D eigenvalue weighted by molar-refractivity contribution is 5.36. The smallest absolute Gasteiger partial charge is 0.293 e. The molecular formula is C12H12FN3O2. The standard InChI is InChI=1S/C12H12FN3O2/c13-10-4-2-1-3-9(10)7-12-14-11(15-16-12)5-6-18-8-17/h1-4,8H,5-7H2,(H,14,15,16). The molecule has 1 N–H and O–H groups in total. The van der Waals surface area contributed by atoms with Gasteiger partial charge in [-0.05, 0) is 11.6 Å². The summed E-state index contributed by atoms with van der Waals surface area (Å²) in [6, 6.07) is 6.52. The summed E-state index contributed by atoms with van der Waals surface area (Å²) >= 11 is 0. The van der Waals surface area contributed by atoms with Crippen LogP contribution in [-0.2, 0) is 22.4 Å². The van der Waals surface area contributed by atoms with E-state index in [1.54, 1.807) is 18.2 Å². The van der Waals surface area contributed by atoms with Crippen molar-refractivity contribution >= 4 is 6.47 Å². The Morgan fingerprint density at radius 1 is 1.39 bits per heavy atom. The predicted octanol–water partition coefficient (Wildman–Crippen LogP) is 1.25. The molecule has 0 saturated carbocycles. The number of nitrogens with one attached hydrogen (secondary N) is 1. The van der Waals surface area contributed by atoms with Gasteiger partial charge in [-0.15, -0.1) is 0 Å². The van der Waals surface area contributed by atoms with Crippen LogP contribution in [0.15, 0.2) is 24.3 Å². The number of hydrogen-bond acceptors (Lipinski definition) is 4. The molecule has 5 nitrogen and oxygen atoms in total. The van der Waals surface area contributed by atoms with Crippen molar-refractivity contribution < 1.29 is 13.9 Å². The first kappa shape index (κ1) is 12.2. The van der Waals surface area contributed by atoms with E-state index in [-0.39, 0.29) is 12.4 Å². The van der Waals surface area contributed by atoms with E-state index in [0.29, 0.717) is 36.5 Å². The number of ether oxygens (including phenoxy) is 1. The van der Waals surface area contributed by atoms with E-state index in [0.717, 1.165) is 0 Å². The minimum Gasteiger partial charge on any atom is -0.467 e. The molecule has 18 heavy (non-hydrogen) atoms. The minimum absolute atomic E-state index is 0.237. The topological polar surface area (TPSA) is 67.9 Å². The van der Waals surface area contributed by atoms with Crippen molar-refractivity contribution in [2.45, 2.75) is 12.8 Å². The molecule has 6 heteroatoms. The van der Waals surface area contributed by atoms with Gasteiger partial charge in [0.15, 0.2) is 5.82 Å². The fourth-order valence-corrected chi connectivity index (χ4v) is 1.55. The Labute approximate surface area is 103 Å². The lowest BCUT2D eigenvalue weighted by Gasteiger charge is -1.98. The van der Waals surface area contributed by atoms with Crippen molar-refractivity contribution in [2.75, 3.05) is 6.61 Å². The van der Waals surface area contributed by atoms with Crippen LogP contribution in [0.2, 0.25) is 0 Å². The van der Waals surface area contributed by atoms with Crippen LogP contribution in [0.3, 0.4) is 0 Å². The van der Waals surface area contributed by atoms with Crippen LogP contribution >= 0.6 is 0 Å². The molecule has 0 aliphatic heterocycles. The number of carbonyl (C=O) groups excluding carboxylic acids is 1. The fraction of sp³-hybridized carbons (Fsp3) is 0.250. The minimum atomic E-state index is -0.264. The molecule has 0 atom stereocenters. The number of aromatic amines is 1. The zero-order valence-electron chi connectivity index (χ0n) is 9.60. The Morgan fingerprint density at radius 3 is 3.00 bits per heavy atom. The Hall–Kier alpha value is -2.24. The molecule has 2 rings (SSSR count). The molecule has 1 heterocycles. The van der Waals surface area contributed by atoms with E-state index < -0.39 is 0 Å². The second-order valence-corrected chi connectivity index (χ2v) is 3.68. The van der Waals surface area contributed by atoms with Crippen LogP contribution in [0.25, 0.3) is 0 Å². The average Bonchev–Trinajstić information content (AvgIpc) is 2.80. The number of rotatable bonds is 6. The maximum absolute atomic E-state index is 13.4. The van der Waals surface area contributed by atoms with Crippen molar-refractivity contribution in [3.8, 4) is 0 Å². The van der Waals surface area contributed by atoms with Crippen LogP contribution < -0.4 is 0 Å². The van der Waals surface area contributed by atoms with E-state index in [1.807, 2.05) is 0 Å². The van der Waals surface area contributed by atoms with Crippen LogP contribution in [-0.4, -0.2) is 28.3 Å². The fourth-order valence-electron chi connectivity index (χ4n) is 1.55. The second kappa shape index (κ2) is 5.90. The number of hydrogen-bond donors (Lipinski definition) is 1. The van der Waals surface area contributed by atoms with E-state index >= 15 is 0 Å². The molecule has 0 radical (unpaired) electrons. The number of carbonyl (C=O) groups is 1. The molecule has 1 aromatic carbocycles. The van der Waals surface area contributed by atoms with Gasteiger partial charge >= 0.3 is 0 Å². The summed E-state index contributed by atoms with van der Waals surface area (Å²) in [6.07, 6.45) is 0.792. The Balaban J connectivity index is 1.98. The lowest BCUT2D eigenvalue weighted by atomic mass is 10.1.